The van der Waals surface area contributed by atoms with Gasteiger partial charge in [0.1, 0.15) is 11.6 Å². The number of halogens is 1. The highest BCUT2D eigenvalue weighted by Gasteiger charge is 2.27. The molecule has 1 aliphatic rings. The third-order valence-corrected chi connectivity index (χ3v) is 6.80. The molecule has 9 heteroatoms. The maximum Gasteiger partial charge on any atom is 0.264 e. The molecule has 0 aliphatic carbocycles. The SMILES string of the molecule is COCCN(Cc1c(C)nn(-c2cccc(F)c2)c1N1CCN(C)CC1)C(=O)c1cccs1. The van der Waals surface area contributed by atoms with E-state index >= 15 is 0 Å². The highest BCUT2D eigenvalue weighted by Crippen LogP contribution is 2.30. The van der Waals surface area contributed by atoms with Crippen molar-refractivity contribution in [2.24, 2.45) is 0 Å². The molecule has 0 N–H and O–H groups in total. The van der Waals surface area contributed by atoms with Crippen molar-refractivity contribution in [3.63, 3.8) is 0 Å². The third-order valence-electron chi connectivity index (χ3n) is 5.95. The molecule has 1 aromatic carbocycles. The summed E-state index contributed by atoms with van der Waals surface area (Å²) in [6, 6.07) is 10.2. The Bertz CT molecular complexity index is 1080. The van der Waals surface area contributed by atoms with Crippen molar-refractivity contribution in [3.05, 3.63) is 63.7 Å². The van der Waals surface area contributed by atoms with Gasteiger partial charge in [-0.25, -0.2) is 9.07 Å². The predicted molar refractivity (Wildman–Crippen MR) is 129 cm³/mol. The molecule has 4 rings (SSSR count). The molecule has 7 nitrogen and oxygen atoms in total. The van der Waals surface area contributed by atoms with Gasteiger partial charge < -0.3 is 19.4 Å². The lowest BCUT2D eigenvalue weighted by Crippen LogP contribution is -2.45. The van der Waals surface area contributed by atoms with Gasteiger partial charge in [0.15, 0.2) is 0 Å². The van der Waals surface area contributed by atoms with Crippen molar-refractivity contribution in [1.29, 1.82) is 0 Å². The fourth-order valence-electron chi connectivity index (χ4n) is 4.06. The van der Waals surface area contributed by atoms with E-state index in [-0.39, 0.29) is 11.7 Å². The number of aromatic nitrogens is 2. The normalized spacial score (nSPS) is 14.6. The molecule has 1 fully saturated rings. The molecule has 3 heterocycles. The van der Waals surface area contributed by atoms with Gasteiger partial charge in [-0.15, -0.1) is 11.3 Å². The average molecular weight is 472 g/mol. The van der Waals surface area contributed by atoms with Crippen LogP contribution in [0.1, 0.15) is 20.9 Å². The molecule has 1 amide bonds. The van der Waals surface area contributed by atoms with E-state index in [0.29, 0.717) is 30.3 Å². The van der Waals surface area contributed by atoms with E-state index in [9.17, 15) is 9.18 Å². The van der Waals surface area contributed by atoms with E-state index in [2.05, 4.69) is 16.8 Å². The van der Waals surface area contributed by atoms with E-state index in [1.165, 1.54) is 23.5 Å². The van der Waals surface area contributed by atoms with Crippen LogP contribution < -0.4 is 4.90 Å². The molecule has 33 heavy (non-hydrogen) atoms. The van der Waals surface area contributed by atoms with Crippen LogP contribution >= 0.6 is 11.3 Å². The van der Waals surface area contributed by atoms with Gasteiger partial charge in [0.2, 0.25) is 0 Å². The fraction of sp³-hybridized carbons (Fsp3) is 0.417. The van der Waals surface area contributed by atoms with Gasteiger partial charge in [0.05, 0.1) is 29.4 Å². The number of carbonyl (C=O) groups excluding carboxylic acids is 1. The Kier molecular flexibility index (Phi) is 7.42. The first-order valence-electron chi connectivity index (χ1n) is 11.1. The number of methoxy groups -OCH3 is 1. The molecule has 2 aromatic heterocycles. The Labute approximate surface area is 198 Å². The second kappa shape index (κ2) is 10.5. The third kappa shape index (κ3) is 5.26. The van der Waals surface area contributed by atoms with E-state index < -0.39 is 0 Å². The first-order chi connectivity index (χ1) is 16.0. The highest BCUT2D eigenvalue weighted by atomic mass is 32.1. The second-order valence-electron chi connectivity index (χ2n) is 8.27. The predicted octanol–water partition coefficient (Wildman–Crippen LogP) is 3.42. The summed E-state index contributed by atoms with van der Waals surface area (Å²) < 4.78 is 21.2. The van der Waals surface area contributed by atoms with Crippen LogP contribution in [0.15, 0.2) is 41.8 Å². The maximum absolute atomic E-state index is 14.1. The number of aryl methyl sites for hydroxylation is 1. The minimum Gasteiger partial charge on any atom is -0.383 e. The highest BCUT2D eigenvalue weighted by molar-refractivity contribution is 7.12. The van der Waals surface area contributed by atoms with Crippen LogP contribution in [0.5, 0.6) is 0 Å². The quantitative estimate of drug-likeness (QED) is 0.504. The lowest BCUT2D eigenvalue weighted by atomic mass is 10.2. The summed E-state index contributed by atoms with van der Waals surface area (Å²) >= 11 is 1.43. The van der Waals surface area contributed by atoms with Crippen LogP contribution in [0, 0.1) is 12.7 Å². The summed E-state index contributed by atoms with van der Waals surface area (Å²) in [4.78, 5) is 20.4. The standard InChI is InChI=1S/C24H30FN5O2S/c1-18-21(17-29(13-14-32-3)24(31)22-8-5-15-33-22)23(28-11-9-27(2)10-12-28)30(26-18)20-7-4-6-19(25)16-20/h4-8,15-16H,9-14,17H2,1-3H3. The number of hydrogen-bond donors (Lipinski definition) is 0. The molecular weight excluding hydrogens is 441 g/mol. The van der Waals surface area contributed by atoms with E-state index in [0.717, 1.165) is 43.3 Å². The lowest BCUT2D eigenvalue weighted by Gasteiger charge is -2.35. The van der Waals surface area contributed by atoms with Crippen LogP contribution in [-0.2, 0) is 11.3 Å². The Morgan fingerprint density at radius 1 is 1.21 bits per heavy atom. The number of amides is 1. The number of ether oxygens (including phenoxy) is 1. The first kappa shape index (κ1) is 23.4. The molecule has 176 valence electrons. The Hall–Kier alpha value is -2.75. The Morgan fingerprint density at radius 3 is 2.67 bits per heavy atom. The molecule has 1 saturated heterocycles. The monoisotopic (exact) mass is 471 g/mol. The number of thiophene rings is 1. The number of anilines is 1. The molecule has 0 atom stereocenters. The number of rotatable bonds is 8. The molecule has 0 bridgehead atoms. The van der Waals surface area contributed by atoms with Crippen LogP contribution in [0.25, 0.3) is 5.69 Å². The largest absolute Gasteiger partial charge is 0.383 e. The first-order valence-corrected chi connectivity index (χ1v) is 12.0. The molecule has 0 spiro atoms. The number of piperazine rings is 1. The van der Waals surface area contributed by atoms with Gasteiger partial charge >= 0.3 is 0 Å². The summed E-state index contributed by atoms with van der Waals surface area (Å²) in [5.41, 5.74) is 2.48. The van der Waals surface area contributed by atoms with E-state index in [1.54, 1.807) is 13.2 Å². The number of carbonyl (C=O) groups is 1. The second-order valence-corrected chi connectivity index (χ2v) is 9.21. The topological polar surface area (TPSA) is 53.8 Å². The Morgan fingerprint density at radius 2 is 2.00 bits per heavy atom. The zero-order valence-electron chi connectivity index (χ0n) is 19.3. The van der Waals surface area contributed by atoms with E-state index in [1.807, 2.05) is 40.1 Å². The Balaban J connectivity index is 1.75. The summed E-state index contributed by atoms with van der Waals surface area (Å²) in [5, 5.41) is 6.71. The lowest BCUT2D eigenvalue weighted by molar-refractivity contribution is 0.0685. The van der Waals surface area contributed by atoms with Crippen molar-refractivity contribution in [2.75, 3.05) is 58.4 Å². The number of benzene rings is 1. The van der Waals surface area contributed by atoms with Gasteiger partial charge in [0.25, 0.3) is 5.91 Å². The van der Waals surface area contributed by atoms with Gasteiger partial charge in [-0.1, -0.05) is 12.1 Å². The minimum atomic E-state index is -0.305. The van der Waals surface area contributed by atoms with Crippen molar-refractivity contribution in [1.82, 2.24) is 19.6 Å². The van der Waals surface area contributed by atoms with Crippen molar-refractivity contribution in [2.45, 2.75) is 13.5 Å². The van der Waals surface area contributed by atoms with Crippen molar-refractivity contribution < 1.29 is 13.9 Å². The molecule has 1 aliphatic heterocycles. The van der Waals surface area contributed by atoms with Gasteiger partial charge in [0, 0.05) is 45.4 Å². The van der Waals surface area contributed by atoms with Crippen molar-refractivity contribution >= 4 is 23.1 Å². The molecular formula is C24H30FN5O2S. The molecule has 0 saturated carbocycles. The van der Waals surface area contributed by atoms with Crippen LogP contribution in [-0.4, -0.2) is 79.0 Å². The number of hydrogen-bond acceptors (Lipinski definition) is 6. The summed E-state index contributed by atoms with van der Waals surface area (Å²) in [6.45, 7) is 6.79. The van der Waals surface area contributed by atoms with Crippen molar-refractivity contribution in [3.8, 4) is 5.69 Å². The number of likely N-dealkylation sites (N-methyl/N-ethyl adjacent to an activating group) is 1. The number of nitrogens with zero attached hydrogens (tertiary/aromatic N) is 5. The molecule has 0 radical (unpaired) electrons. The van der Waals surface area contributed by atoms with Gasteiger partial charge in [-0.05, 0) is 43.6 Å². The molecule has 0 unspecified atom stereocenters. The van der Waals surface area contributed by atoms with Gasteiger partial charge in [-0.3, -0.25) is 4.79 Å². The zero-order chi connectivity index (χ0) is 23.4. The zero-order valence-corrected chi connectivity index (χ0v) is 20.1. The summed E-state index contributed by atoms with van der Waals surface area (Å²) in [5.74, 6) is 0.595. The summed E-state index contributed by atoms with van der Waals surface area (Å²) in [6.07, 6.45) is 0. The van der Waals surface area contributed by atoms with Crippen LogP contribution in [0.2, 0.25) is 0 Å². The van der Waals surface area contributed by atoms with E-state index in [4.69, 9.17) is 9.84 Å². The smallest absolute Gasteiger partial charge is 0.264 e. The van der Waals surface area contributed by atoms with Gasteiger partial charge in [-0.2, -0.15) is 5.10 Å². The minimum absolute atomic E-state index is 0.0238. The molecule has 3 aromatic rings. The van der Waals surface area contributed by atoms with Crippen LogP contribution in [0.4, 0.5) is 10.2 Å². The average Bonchev–Trinajstić information content (AvgIpc) is 3.45. The fourth-order valence-corrected chi connectivity index (χ4v) is 4.76. The maximum atomic E-state index is 14.1. The van der Waals surface area contributed by atoms with Crippen LogP contribution in [0.3, 0.4) is 0 Å². The summed E-state index contributed by atoms with van der Waals surface area (Å²) in [7, 11) is 3.75.